The van der Waals surface area contributed by atoms with E-state index in [0.29, 0.717) is 17.4 Å². The Bertz CT molecular complexity index is 837. The van der Waals surface area contributed by atoms with Gasteiger partial charge in [-0.15, -0.1) is 11.3 Å². The van der Waals surface area contributed by atoms with Crippen molar-refractivity contribution in [3.8, 4) is 0 Å². The molecule has 0 unspecified atom stereocenters. The fourth-order valence-corrected chi connectivity index (χ4v) is 2.70. The van der Waals surface area contributed by atoms with Gasteiger partial charge in [-0.1, -0.05) is 18.2 Å². The Balaban J connectivity index is 2.27. The summed E-state index contributed by atoms with van der Waals surface area (Å²) in [6.45, 7) is 0.336. The van der Waals surface area contributed by atoms with Gasteiger partial charge in [-0.2, -0.15) is 0 Å². The molecule has 0 amide bonds. The molecule has 0 atom stereocenters. The average molecular weight is 286 g/mol. The van der Waals surface area contributed by atoms with Gasteiger partial charge < -0.3 is 9.67 Å². The zero-order valence-corrected chi connectivity index (χ0v) is 11.1. The number of rotatable bonds is 3. The standard InChI is InChI=1S/C14H10N2O3S/c17-13-5-11(14(18)19)10-3-1-2-4-12(10)16(13)6-9-7-20-8-15-9/h1-5,7-8H,6H2,(H,18,19). The quantitative estimate of drug-likeness (QED) is 0.801. The van der Waals surface area contributed by atoms with Crippen molar-refractivity contribution in [3.63, 3.8) is 0 Å². The molecule has 0 aliphatic carbocycles. The van der Waals surface area contributed by atoms with Crippen LogP contribution in [-0.4, -0.2) is 20.6 Å². The second-order valence-electron chi connectivity index (χ2n) is 4.28. The number of carboxylic acid groups (broad SMARTS) is 1. The van der Waals surface area contributed by atoms with Crippen molar-refractivity contribution >= 4 is 28.2 Å². The highest BCUT2D eigenvalue weighted by Crippen LogP contribution is 2.18. The van der Waals surface area contributed by atoms with E-state index in [0.717, 1.165) is 11.8 Å². The third-order valence-electron chi connectivity index (χ3n) is 3.05. The van der Waals surface area contributed by atoms with Gasteiger partial charge in [-0.3, -0.25) is 4.79 Å². The van der Waals surface area contributed by atoms with Gasteiger partial charge >= 0.3 is 5.97 Å². The molecule has 0 bridgehead atoms. The Morgan fingerprint density at radius 2 is 2.15 bits per heavy atom. The van der Waals surface area contributed by atoms with Crippen LogP contribution in [0.1, 0.15) is 16.1 Å². The zero-order valence-electron chi connectivity index (χ0n) is 10.3. The van der Waals surface area contributed by atoms with Gasteiger partial charge in [0, 0.05) is 16.8 Å². The number of benzene rings is 1. The maximum Gasteiger partial charge on any atom is 0.336 e. The number of hydrogen-bond donors (Lipinski definition) is 1. The number of fused-ring (bicyclic) bond motifs is 1. The van der Waals surface area contributed by atoms with Crippen LogP contribution in [0.2, 0.25) is 0 Å². The van der Waals surface area contributed by atoms with Crippen LogP contribution < -0.4 is 5.56 Å². The lowest BCUT2D eigenvalue weighted by molar-refractivity contribution is 0.0698. The SMILES string of the molecule is O=C(O)c1cc(=O)n(Cc2cscn2)c2ccccc12. The van der Waals surface area contributed by atoms with Gasteiger partial charge in [0.2, 0.25) is 0 Å². The molecule has 3 rings (SSSR count). The Morgan fingerprint density at radius 1 is 1.35 bits per heavy atom. The van der Waals surface area contributed by atoms with E-state index >= 15 is 0 Å². The molecule has 0 aliphatic heterocycles. The first kappa shape index (κ1) is 12.6. The molecular formula is C14H10N2O3S. The second-order valence-corrected chi connectivity index (χ2v) is 5.00. The number of carboxylic acids is 1. The molecule has 3 aromatic rings. The van der Waals surface area contributed by atoms with E-state index in [1.807, 2.05) is 5.38 Å². The molecule has 0 fully saturated rings. The summed E-state index contributed by atoms with van der Waals surface area (Å²) in [5, 5.41) is 11.6. The van der Waals surface area contributed by atoms with Crippen molar-refractivity contribution in [1.82, 2.24) is 9.55 Å². The third-order valence-corrected chi connectivity index (χ3v) is 3.69. The first-order chi connectivity index (χ1) is 9.66. The molecule has 6 heteroatoms. The maximum absolute atomic E-state index is 12.2. The van der Waals surface area contributed by atoms with Crippen LogP contribution in [0.5, 0.6) is 0 Å². The van der Waals surface area contributed by atoms with E-state index in [4.69, 9.17) is 0 Å². The minimum Gasteiger partial charge on any atom is -0.478 e. The van der Waals surface area contributed by atoms with Crippen LogP contribution in [-0.2, 0) is 6.54 Å². The number of nitrogens with zero attached hydrogens (tertiary/aromatic N) is 2. The predicted octanol–water partition coefficient (Wildman–Crippen LogP) is 2.20. The third kappa shape index (κ3) is 2.10. The molecule has 0 spiro atoms. The van der Waals surface area contributed by atoms with Crippen LogP contribution in [0, 0.1) is 0 Å². The fourth-order valence-electron chi connectivity index (χ4n) is 2.15. The minimum absolute atomic E-state index is 0.0279. The maximum atomic E-state index is 12.2. The summed E-state index contributed by atoms with van der Waals surface area (Å²) >= 11 is 1.46. The van der Waals surface area contributed by atoms with E-state index in [2.05, 4.69) is 4.98 Å². The zero-order chi connectivity index (χ0) is 14.1. The van der Waals surface area contributed by atoms with Crippen LogP contribution in [0.4, 0.5) is 0 Å². The van der Waals surface area contributed by atoms with E-state index < -0.39 is 5.97 Å². The molecule has 2 aromatic heterocycles. The molecule has 0 saturated carbocycles. The fraction of sp³-hybridized carbons (Fsp3) is 0.0714. The molecule has 5 nitrogen and oxygen atoms in total. The van der Waals surface area contributed by atoms with Crippen molar-refractivity contribution in [3.05, 3.63) is 62.8 Å². The molecular weight excluding hydrogens is 276 g/mol. The molecule has 20 heavy (non-hydrogen) atoms. The largest absolute Gasteiger partial charge is 0.478 e. The topological polar surface area (TPSA) is 72.2 Å². The van der Waals surface area contributed by atoms with Gasteiger partial charge in [0.1, 0.15) is 0 Å². The summed E-state index contributed by atoms with van der Waals surface area (Å²) in [6, 6.07) is 8.15. The number of carbonyl (C=O) groups is 1. The number of para-hydroxylation sites is 1. The summed E-state index contributed by atoms with van der Waals surface area (Å²) in [7, 11) is 0. The minimum atomic E-state index is -1.10. The highest BCUT2D eigenvalue weighted by Gasteiger charge is 2.13. The lowest BCUT2D eigenvalue weighted by Crippen LogP contribution is -2.22. The van der Waals surface area contributed by atoms with Crippen molar-refractivity contribution in [2.75, 3.05) is 0 Å². The van der Waals surface area contributed by atoms with Crippen molar-refractivity contribution in [1.29, 1.82) is 0 Å². The number of aromatic carboxylic acids is 1. The van der Waals surface area contributed by atoms with Gasteiger partial charge in [-0.05, 0) is 6.07 Å². The van der Waals surface area contributed by atoms with E-state index in [1.165, 1.54) is 15.9 Å². The second kappa shape index (κ2) is 4.90. The number of aromatic nitrogens is 2. The number of pyridine rings is 1. The van der Waals surface area contributed by atoms with Crippen LogP contribution in [0.25, 0.3) is 10.9 Å². The average Bonchev–Trinajstić information content (AvgIpc) is 2.94. The van der Waals surface area contributed by atoms with Crippen LogP contribution in [0.15, 0.2) is 46.0 Å². The summed E-state index contributed by atoms with van der Waals surface area (Å²) in [6.07, 6.45) is 0. The van der Waals surface area contributed by atoms with Gasteiger partial charge in [0.05, 0.1) is 28.8 Å². The highest BCUT2D eigenvalue weighted by atomic mass is 32.1. The Morgan fingerprint density at radius 3 is 2.85 bits per heavy atom. The first-order valence-corrected chi connectivity index (χ1v) is 6.84. The summed E-state index contributed by atoms with van der Waals surface area (Å²) in [5.74, 6) is -1.10. The van der Waals surface area contributed by atoms with Crippen LogP contribution in [0.3, 0.4) is 0 Å². The predicted molar refractivity (Wildman–Crippen MR) is 76.4 cm³/mol. The highest BCUT2D eigenvalue weighted by molar-refractivity contribution is 7.07. The van der Waals surface area contributed by atoms with Gasteiger partial charge in [-0.25, -0.2) is 9.78 Å². The Labute approximate surface area is 117 Å². The summed E-state index contributed by atoms with van der Waals surface area (Å²) < 4.78 is 1.54. The van der Waals surface area contributed by atoms with Crippen molar-refractivity contribution in [2.45, 2.75) is 6.54 Å². The lowest BCUT2D eigenvalue weighted by atomic mass is 10.1. The Hall–Kier alpha value is -2.47. The van der Waals surface area contributed by atoms with Crippen molar-refractivity contribution < 1.29 is 9.90 Å². The molecule has 2 heterocycles. The van der Waals surface area contributed by atoms with E-state index in [9.17, 15) is 14.7 Å². The molecule has 100 valence electrons. The number of hydrogen-bond acceptors (Lipinski definition) is 4. The van der Waals surface area contributed by atoms with E-state index in [-0.39, 0.29) is 11.1 Å². The molecule has 0 radical (unpaired) electrons. The first-order valence-electron chi connectivity index (χ1n) is 5.90. The Kier molecular flexibility index (Phi) is 3.08. The normalized spacial score (nSPS) is 10.8. The molecule has 0 saturated heterocycles. The molecule has 1 N–H and O–H groups in total. The number of thiazole rings is 1. The monoisotopic (exact) mass is 286 g/mol. The smallest absolute Gasteiger partial charge is 0.336 e. The summed E-state index contributed by atoms with van der Waals surface area (Å²) in [4.78, 5) is 27.6. The summed E-state index contributed by atoms with van der Waals surface area (Å²) in [5.41, 5.74) is 2.78. The molecule has 1 aromatic carbocycles. The lowest BCUT2D eigenvalue weighted by Gasteiger charge is -2.10. The van der Waals surface area contributed by atoms with E-state index in [1.54, 1.807) is 29.8 Å². The molecule has 0 aliphatic rings. The van der Waals surface area contributed by atoms with Gasteiger partial charge in [0.15, 0.2) is 0 Å². The van der Waals surface area contributed by atoms with Gasteiger partial charge in [0.25, 0.3) is 5.56 Å². The van der Waals surface area contributed by atoms with Crippen molar-refractivity contribution in [2.24, 2.45) is 0 Å². The van der Waals surface area contributed by atoms with Crippen LogP contribution >= 0.6 is 11.3 Å².